The van der Waals surface area contributed by atoms with Crippen molar-refractivity contribution in [2.45, 2.75) is 26.4 Å². The molecule has 1 aromatic carbocycles. The minimum Gasteiger partial charge on any atom is -0.594 e. The van der Waals surface area contributed by atoms with Crippen molar-refractivity contribution in [3.05, 3.63) is 24.3 Å². The van der Waals surface area contributed by atoms with Crippen molar-refractivity contribution < 1.29 is 9.84 Å². The van der Waals surface area contributed by atoms with Gasteiger partial charge in [0, 0.05) is 11.2 Å². The Balaban J connectivity index is 2.22. The van der Waals surface area contributed by atoms with Crippen LogP contribution in [0.1, 0.15) is 20.8 Å². The molecule has 0 radical (unpaired) electrons. The molecule has 2 rings (SSSR count). The molecule has 1 N–H and O–H groups in total. The number of aromatic amines is 1. The fraction of sp³-hybridized carbons (Fsp3) is 0.333. The summed E-state index contributed by atoms with van der Waals surface area (Å²) in [4.78, 5) is 3.87. The predicted octanol–water partition coefficient (Wildman–Crippen LogP) is 1.03. The summed E-state index contributed by atoms with van der Waals surface area (Å²) in [6.07, 6.45) is -0.627. The van der Waals surface area contributed by atoms with E-state index in [0.717, 1.165) is 5.56 Å². The maximum Gasteiger partial charge on any atom is 0.204 e. The number of tetrazole rings is 1. The van der Waals surface area contributed by atoms with Gasteiger partial charge in [0.2, 0.25) is 5.82 Å². The van der Waals surface area contributed by atoms with Gasteiger partial charge in [-0.15, -0.1) is 10.2 Å². The molecule has 0 aliphatic heterocycles. The number of benzene rings is 1. The predicted molar refractivity (Wildman–Crippen MR) is 67.5 cm³/mol. The zero-order valence-electron chi connectivity index (χ0n) is 10.9. The third-order valence-corrected chi connectivity index (χ3v) is 2.06. The number of ether oxygens (including phenoxy) is 1. The van der Waals surface area contributed by atoms with Crippen molar-refractivity contribution >= 4 is 11.8 Å². The quantitative estimate of drug-likeness (QED) is 0.642. The molecule has 7 heteroatoms. The van der Waals surface area contributed by atoms with Gasteiger partial charge in [0.05, 0.1) is 5.69 Å². The zero-order chi connectivity index (χ0) is 13.9. The van der Waals surface area contributed by atoms with Gasteiger partial charge < -0.3 is 9.84 Å². The van der Waals surface area contributed by atoms with Crippen LogP contribution >= 0.6 is 0 Å². The molecule has 2 aromatic rings. The van der Waals surface area contributed by atoms with Gasteiger partial charge in [0.15, 0.2) is 6.08 Å². The average molecular weight is 260 g/mol. The Kier molecular flexibility index (Phi) is 3.46. The first-order valence-corrected chi connectivity index (χ1v) is 5.73. The second-order valence-corrected chi connectivity index (χ2v) is 4.88. The van der Waals surface area contributed by atoms with Crippen molar-refractivity contribution in [2.24, 2.45) is 4.99 Å². The van der Waals surface area contributed by atoms with E-state index in [1.54, 1.807) is 45.0 Å². The van der Waals surface area contributed by atoms with Gasteiger partial charge >= 0.3 is 0 Å². The molecule has 0 fully saturated rings. The highest BCUT2D eigenvalue weighted by atomic mass is 16.6. The Morgan fingerprint density at radius 1 is 1.37 bits per heavy atom. The molecule has 19 heavy (non-hydrogen) atoms. The second kappa shape index (κ2) is 5.05. The number of aliphatic imine (C=N–C) groups is 1. The molecule has 0 amide bonds. The summed E-state index contributed by atoms with van der Waals surface area (Å²) < 4.78 is 5.12. The minimum atomic E-state index is -0.627. The molecule has 1 aromatic heterocycles. The van der Waals surface area contributed by atoms with E-state index in [9.17, 15) is 5.11 Å². The number of hydrogen-bond acceptors (Lipinski definition) is 6. The molecular formula is C12H14N5O2-. The SMILES string of the molecule is CC(C)(C)OC([O-])=Nc1cccc(-c2nn[nH]n2)c1. The topological polar surface area (TPSA) is 99.1 Å². The molecule has 0 unspecified atom stereocenters. The first kappa shape index (κ1) is 13.0. The lowest BCUT2D eigenvalue weighted by molar-refractivity contribution is -0.259. The highest BCUT2D eigenvalue weighted by Crippen LogP contribution is 2.20. The van der Waals surface area contributed by atoms with Crippen LogP contribution in [0.4, 0.5) is 5.69 Å². The molecular weight excluding hydrogens is 246 g/mol. The highest BCUT2D eigenvalue weighted by Gasteiger charge is 2.06. The number of nitrogens with zero attached hydrogens (tertiary/aromatic N) is 4. The Morgan fingerprint density at radius 2 is 2.16 bits per heavy atom. The zero-order valence-corrected chi connectivity index (χ0v) is 10.9. The lowest BCUT2D eigenvalue weighted by atomic mass is 10.2. The highest BCUT2D eigenvalue weighted by molar-refractivity contribution is 5.69. The first-order valence-electron chi connectivity index (χ1n) is 5.73. The summed E-state index contributed by atoms with van der Waals surface area (Å²) in [5, 5.41) is 25.2. The molecule has 0 bridgehead atoms. The van der Waals surface area contributed by atoms with Crippen LogP contribution in [-0.2, 0) is 4.74 Å². The summed E-state index contributed by atoms with van der Waals surface area (Å²) in [6.45, 7) is 5.36. The van der Waals surface area contributed by atoms with Crippen LogP contribution in [-0.4, -0.2) is 32.3 Å². The number of H-pyrrole nitrogens is 1. The third-order valence-electron chi connectivity index (χ3n) is 2.06. The minimum absolute atomic E-state index is 0.446. The van der Waals surface area contributed by atoms with Gasteiger partial charge in [-0.05, 0) is 17.3 Å². The van der Waals surface area contributed by atoms with Crippen LogP contribution in [0, 0.1) is 0 Å². The Bertz CT molecular complexity index is 572. The molecule has 100 valence electrons. The number of aromatic nitrogens is 4. The monoisotopic (exact) mass is 260 g/mol. The van der Waals surface area contributed by atoms with E-state index < -0.39 is 11.7 Å². The van der Waals surface area contributed by atoms with E-state index >= 15 is 0 Å². The van der Waals surface area contributed by atoms with Crippen LogP contribution in [0.15, 0.2) is 29.3 Å². The van der Waals surface area contributed by atoms with Crippen molar-refractivity contribution in [3.8, 4) is 11.4 Å². The molecule has 0 aliphatic rings. The number of hydrogen-bond donors (Lipinski definition) is 1. The summed E-state index contributed by atoms with van der Waals surface area (Å²) in [5.41, 5.74) is 0.640. The fourth-order valence-corrected chi connectivity index (χ4v) is 1.39. The van der Waals surface area contributed by atoms with Gasteiger partial charge in [-0.25, -0.2) is 4.99 Å². The molecule has 0 atom stereocenters. The van der Waals surface area contributed by atoms with Crippen LogP contribution in [0.2, 0.25) is 0 Å². The van der Waals surface area contributed by atoms with Crippen LogP contribution in [0.25, 0.3) is 11.4 Å². The summed E-state index contributed by atoms with van der Waals surface area (Å²) in [7, 11) is 0. The summed E-state index contributed by atoms with van der Waals surface area (Å²) >= 11 is 0. The lowest BCUT2D eigenvalue weighted by Gasteiger charge is -2.29. The normalized spacial score (nSPS) is 12.5. The molecule has 0 saturated carbocycles. The van der Waals surface area contributed by atoms with E-state index in [0.29, 0.717) is 11.5 Å². The van der Waals surface area contributed by atoms with Gasteiger partial charge in [-0.1, -0.05) is 32.9 Å². The standard InChI is InChI=1S/C12H15N5O2/c1-12(2,3)19-11(18)13-9-6-4-5-8(7-9)10-14-16-17-15-10/h4-7H,1-3H3,(H,13,18)(H,14,15,16,17)/p-1. The van der Waals surface area contributed by atoms with Gasteiger partial charge in [-0.2, -0.15) is 5.21 Å². The van der Waals surface area contributed by atoms with E-state index in [-0.39, 0.29) is 0 Å². The van der Waals surface area contributed by atoms with E-state index in [4.69, 9.17) is 4.74 Å². The Labute approximate surface area is 110 Å². The number of rotatable bonds is 2. The number of nitrogens with one attached hydrogen (secondary N) is 1. The van der Waals surface area contributed by atoms with E-state index in [1.165, 1.54) is 0 Å². The summed E-state index contributed by atoms with van der Waals surface area (Å²) in [5.74, 6) is 0.446. The molecule has 0 spiro atoms. The van der Waals surface area contributed by atoms with E-state index in [1.807, 2.05) is 0 Å². The smallest absolute Gasteiger partial charge is 0.204 e. The van der Waals surface area contributed by atoms with Crippen LogP contribution < -0.4 is 5.11 Å². The molecule has 1 heterocycles. The maximum absolute atomic E-state index is 11.6. The van der Waals surface area contributed by atoms with Gasteiger partial charge in [0.25, 0.3) is 0 Å². The lowest BCUT2D eigenvalue weighted by Crippen LogP contribution is -2.31. The van der Waals surface area contributed by atoms with Crippen molar-refractivity contribution in [1.29, 1.82) is 0 Å². The van der Waals surface area contributed by atoms with Gasteiger partial charge in [-0.3, -0.25) is 0 Å². The van der Waals surface area contributed by atoms with Crippen molar-refractivity contribution in [2.75, 3.05) is 0 Å². The largest absolute Gasteiger partial charge is 0.594 e. The van der Waals surface area contributed by atoms with E-state index in [2.05, 4.69) is 25.6 Å². The fourth-order valence-electron chi connectivity index (χ4n) is 1.39. The van der Waals surface area contributed by atoms with Gasteiger partial charge in [0.1, 0.15) is 0 Å². The van der Waals surface area contributed by atoms with Crippen molar-refractivity contribution in [1.82, 2.24) is 20.6 Å². The Hall–Kier alpha value is -2.44. The van der Waals surface area contributed by atoms with Crippen molar-refractivity contribution in [3.63, 3.8) is 0 Å². The second-order valence-electron chi connectivity index (χ2n) is 4.88. The summed E-state index contributed by atoms with van der Waals surface area (Å²) in [6, 6.07) is 6.95. The third kappa shape index (κ3) is 3.77. The van der Waals surface area contributed by atoms with Crippen LogP contribution in [0.5, 0.6) is 0 Å². The maximum atomic E-state index is 11.6. The Morgan fingerprint density at radius 3 is 2.79 bits per heavy atom. The molecule has 0 saturated heterocycles. The first-order chi connectivity index (χ1) is 8.94. The molecule has 7 nitrogen and oxygen atoms in total. The average Bonchev–Trinajstić information content (AvgIpc) is 2.79. The molecule has 0 aliphatic carbocycles. The van der Waals surface area contributed by atoms with Crippen LogP contribution in [0.3, 0.4) is 0 Å².